The lowest BCUT2D eigenvalue weighted by atomic mass is 9.97. The van der Waals surface area contributed by atoms with Crippen LogP contribution in [0, 0.1) is 0 Å². The summed E-state index contributed by atoms with van der Waals surface area (Å²) in [5.41, 5.74) is 9.83. The summed E-state index contributed by atoms with van der Waals surface area (Å²) >= 11 is 1.89. The topological polar surface area (TPSA) is 12.9 Å². The highest BCUT2D eigenvalue weighted by Gasteiger charge is 2.14. The smallest absolute Gasteiger partial charge is 0.0434 e. The molecular weight excluding hydrogens is 466 g/mol. The van der Waals surface area contributed by atoms with Gasteiger partial charge in [-0.05, 0) is 51.1 Å². The van der Waals surface area contributed by atoms with Crippen molar-refractivity contribution in [2.24, 2.45) is 0 Å². The van der Waals surface area contributed by atoms with Crippen molar-refractivity contribution in [3.63, 3.8) is 0 Å². The molecule has 0 spiro atoms. The van der Waals surface area contributed by atoms with Crippen LogP contribution in [0.2, 0.25) is 0 Å². The van der Waals surface area contributed by atoms with Crippen molar-refractivity contribution in [2.45, 2.75) is 0 Å². The van der Waals surface area contributed by atoms with Gasteiger partial charge >= 0.3 is 0 Å². The molecule has 5 aromatic carbocycles. The molecule has 2 heteroatoms. The van der Waals surface area contributed by atoms with Crippen LogP contribution in [0.1, 0.15) is 0 Å². The van der Waals surface area contributed by atoms with Crippen molar-refractivity contribution in [2.75, 3.05) is 0 Å². The molecule has 7 aromatic rings. The third-order valence-electron chi connectivity index (χ3n) is 7.00. The number of fused-ring (bicyclic) bond motifs is 3. The van der Waals surface area contributed by atoms with Crippen LogP contribution < -0.4 is 0 Å². The van der Waals surface area contributed by atoms with Gasteiger partial charge in [0.05, 0.1) is 0 Å². The summed E-state index contributed by atoms with van der Waals surface area (Å²) in [5, 5.41) is 2.63. The lowest BCUT2D eigenvalue weighted by molar-refractivity contribution is 1.33. The number of thiophene rings is 1. The molecule has 0 saturated carbocycles. The van der Waals surface area contributed by atoms with Crippen molar-refractivity contribution >= 4 is 31.5 Å². The van der Waals surface area contributed by atoms with Crippen LogP contribution in [-0.2, 0) is 0 Å². The first-order valence-corrected chi connectivity index (χ1v) is 13.3. The molecule has 174 valence electrons. The number of aromatic nitrogens is 1. The van der Waals surface area contributed by atoms with Gasteiger partial charge in [0.1, 0.15) is 0 Å². The summed E-state index contributed by atoms with van der Waals surface area (Å²) in [5.74, 6) is 0. The summed E-state index contributed by atoms with van der Waals surface area (Å²) in [4.78, 5) is 4.31. The molecule has 0 aliphatic rings. The Morgan fingerprint density at radius 2 is 0.973 bits per heavy atom. The zero-order valence-electron chi connectivity index (χ0n) is 20.1. The summed E-state index contributed by atoms with van der Waals surface area (Å²) in [7, 11) is 0. The molecule has 37 heavy (non-hydrogen) atoms. The maximum atomic E-state index is 4.31. The van der Waals surface area contributed by atoms with Crippen LogP contribution in [0.25, 0.3) is 64.7 Å². The Morgan fingerprint density at radius 1 is 0.405 bits per heavy atom. The van der Waals surface area contributed by atoms with Gasteiger partial charge in [-0.25, -0.2) is 0 Å². The van der Waals surface area contributed by atoms with E-state index in [2.05, 4.69) is 126 Å². The first kappa shape index (κ1) is 21.7. The summed E-state index contributed by atoms with van der Waals surface area (Å²) in [6.07, 6.45) is 3.74. The molecule has 0 aliphatic heterocycles. The lowest BCUT2D eigenvalue weighted by Crippen LogP contribution is -1.82. The predicted octanol–water partition coefficient (Wildman–Crippen LogP) is 10.1. The Morgan fingerprint density at radius 3 is 1.68 bits per heavy atom. The molecule has 7 rings (SSSR count). The molecule has 0 fully saturated rings. The summed E-state index contributed by atoms with van der Waals surface area (Å²) < 4.78 is 2.66. The Bertz CT molecular complexity index is 1850. The zero-order valence-corrected chi connectivity index (χ0v) is 21.0. The number of rotatable bonds is 4. The average Bonchev–Trinajstić information content (AvgIpc) is 3.37. The van der Waals surface area contributed by atoms with Gasteiger partial charge in [0.2, 0.25) is 0 Å². The third kappa shape index (κ3) is 3.92. The Kier molecular flexibility index (Phi) is 5.38. The summed E-state index contributed by atoms with van der Waals surface area (Å²) in [6.45, 7) is 0. The van der Waals surface area contributed by atoms with Crippen molar-refractivity contribution in [3.8, 4) is 44.5 Å². The van der Waals surface area contributed by atoms with E-state index in [-0.39, 0.29) is 0 Å². The highest BCUT2D eigenvalue weighted by Crippen LogP contribution is 2.44. The Hall–Kier alpha value is -4.53. The molecular formula is C35H23NS. The van der Waals surface area contributed by atoms with Crippen LogP contribution >= 0.6 is 11.3 Å². The van der Waals surface area contributed by atoms with Crippen molar-refractivity contribution in [1.82, 2.24) is 4.98 Å². The van der Waals surface area contributed by atoms with E-state index in [9.17, 15) is 0 Å². The second kappa shape index (κ2) is 9.16. The van der Waals surface area contributed by atoms with Gasteiger partial charge in [-0.15, -0.1) is 11.3 Å². The first-order valence-electron chi connectivity index (χ1n) is 12.5. The molecule has 0 amide bonds. The van der Waals surface area contributed by atoms with E-state index in [1.807, 2.05) is 29.8 Å². The second-order valence-corrected chi connectivity index (χ2v) is 10.3. The molecule has 0 radical (unpaired) electrons. The fraction of sp³-hybridized carbons (Fsp3) is 0. The van der Waals surface area contributed by atoms with Gasteiger partial charge in [0.15, 0.2) is 0 Å². The fourth-order valence-corrected chi connectivity index (χ4v) is 6.52. The minimum Gasteiger partial charge on any atom is -0.264 e. The van der Waals surface area contributed by atoms with Gasteiger partial charge < -0.3 is 0 Å². The van der Waals surface area contributed by atoms with Crippen molar-refractivity contribution in [1.29, 1.82) is 0 Å². The largest absolute Gasteiger partial charge is 0.264 e. The average molecular weight is 490 g/mol. The third-order valence-corrected chi connectivity index (χ3v) is 8.28. The molecule has 1 nitrogen and oxygen atoms in total. The maximum absolute atomic E-state index is 4.31. The zero-order chi connectivity index (χ0) is 24.6. The molecule has 0 aliphatic carbocycles. The van der Waals surface area contributed by atoms with Gasteiger partial charge in [-0.3, -0.25) is 4.98 Å². The van der Waals surface area contributed by atoms with Crippen LogP contribution in [0.5, 0.6) is 0 Å². The lowest BCUT2D eigenvalue weighted by Gasteiger charge is -2.07. The Balaban J connectivity index is 1.35. The number of benzene rings is 5. The fourth-order valence-electron chi connectivity index (χ4n) is 5.15. The van der Waals surface area contributed by atoms with Gasteiger partial charge in [0, 0.05) is 38.1 Å². The van der Waals surface area contributed by atoms with E-state index in [1.165, 1.54) is 59.1 Å². The summed E-state index contributed by atoms with van der Waals surface area (Å²) in [6, 6.07) is 45.8. The maximum Gasteiger partial charge on any atom is 0.0434 e. The van der Waals surface area contributed by atoms with Crippen LogP contribution in [0.4, 0.5) is 0 Å². The number of hydrogen-bond donors (Lipinski definition) is 0. The molecule has 0 atom stereocenters. The van der Waals surface area contributed by atoms with Crippen LogP contribution in [-0.4, -0.2) is 4.98 Å². The molecule has 0 saturated heterocycles. The van der Waals surface area contributed by atoms with Crippen molar-refractivity contribution < 1.29 is 0 Å². The second-order valence-electron chi connectivity index (χ2n) is 9.23. The number of pyridine rings is 1. The van der Waals surface area contributed by atoms with E-state index in [0.29, 0.717) is 0 Å². The van der Waals surface area contributed by atoms with Gasteiger partial charge in [0.25, 0.3) is 0 Å². The SMILES string of the molecule is c1ccc(-c2ccc(-c3cccc4c3sc3c(-c5cccc(-c6cccnc6)c5)cccc34)cc2)cc1. The minimum atomic E-state index is 1.13. The predicted molar refractivity (Wildman–Crippen MR) is 159 cm³/mol. The van der Waals surface area contributed by atoms with Gasteiger partial charge in [-0.2, -0.15) is 0 Å². The molecule has 2 heterocycles. The van der Waals surface area contributed by atoms with E-state index in [4.69, 9.17) is 0 Å². The normalized spacial score (nSPS) is 11.2. The van der Waals surface area contributed by atoms with E-state index >= 15 is 0 Å². The van der Waals surface area contributed by atoms with Gasteiger partial charge in [-0.1, -0.05) is 115 Å². The van der Waals surface area contributed by atoms with E-state index in [1.54, 1.807) is 0 Å². The number of hydrogen-bond acceptors (Lipinski definition) is 2. The van der Waals surface area contributed by atoms with Crippen LogP contribution in [0.15, 0.2) is 140 Å². The molecule has 0 N–H and O–H groups in total. The molecule has 0 unspecified atom stereocenters. The van der Waals surface area contributed by atoms with Crippen molar-refractivity contribution in [3.05, 3.63) is 140 Å². The molecule has 0 bridgehead atoms. The van der Waals surface area contributed by atoms with E-state index < -0.39 is 0 Å². The standard InChI is InChI=1S/C35H23NS/c1-2-8-24(9-3-1)25-17-19-26(20-18-25)30-13-5-15-32-33-16-6-14-31(35(33)37-34(30)32)28-11-4-10-27(22-28)29-12-7-21-36-23-29/h1-23H. The first-order chi connectivity index (χ1) is 18.3. The quantitative estimate of drug-likeness (QED) is 0.240. The monoisotopic (exact) mass is 489 g/mol. The van der Waals surface area contributed by atoms with E-state index in [0.717, 1.165) is 5.56 Å². The highest BCUT2D eigenvalue weighted by atomic mass is 32.1. The van der Waals surface area contributed by atoms with Crippen LogP contribution in [0.3, 0.4) is 0 Å². The minimum absolute atomic E-state index is 1.13. The number of nitrogens with zero attached hydrogens (tertiary/aromatic N) is 1. The highest BCUT2D eigenvalue weighted by molar-refractivity contribution is 7.26. The molecule has 2 aromatic heterocycles. The Labute approximate surface area is 220 Å².